The van der Waals surface area contributed by atoms with Crippen LogP contribution in [0.1, 0.15) is 33.6 Å². The Morgan fingerprint density at radius 1 is 0.938 bits per heavy atom. The van der Waals surface area contributed by atoms with Gasteiger partial charge in [-0.25, -0.2) is 9.69 Å². The Balaban J connectivity index is 1.19. The van der Waals surface area contributed by atoms with Crippen LogP contribution in [-0.2, 0) is 19.1 Å². The molecule has 3 heterocycles. The molecule has 3 atom stereocenters. The van der Waals surface area contributed by atoms with Crippen molar-refractivity contribution in [3.8, 4) is 5.75 Å². The maximum absolute atomic E-state index is 14.2. The van der Waals surface area contributed by atoms with E-state index in [9.17, 15) is 24.0 Å². The summed E-state index contributed by atoms with van der Waals surface area (Å²) >= 11 is 5.66. The van der Waals surface area contributed by atoms with Crippen molar-refractivity contribution >= 4 is 84.9 Å². The molecule has 2 N–H and O–H groups in total. The molecule has 4 aromatic carbocycles. The zero-order valence-corrected chi connectivity index (χ0v) is 28.4. The van der Waals surface area contributed by atoms with Crippen molar-refractivity contribution in [2.75, 3.05) is 23.4 Å². The highest BCUT2D eigenvalue weighted by Crippen LogP contribution is 2.54. The van der Waals surface area contributed by atoms with E-state index >= 15 is 0 Å². The van der Waals surface area contributed by atoms with Gasteiger partial charge in [0.05, 0.1) is 28.8 Å². The van der Waals surface area contributed by atoms with Gasteiger partial charge in [0.2, 0.25) is 11.8 Å². The SMILES string of the molecule is CCOC(=O)c1ccc(N2C(=O)[C@H]3[C@H](c4cc(Br)ccc4OCC(=O)Nc4ccc5ccccc5c4)c4sc(=O)[nH]c4S[C@H]3C2=O)cc1. The number of nitrogens with one attached hydrogen (secondary N) is 2. The van der Waals surface area contributed by atoms with Crippen LogP contribution in [0.4, 0.5) is 11.4 Å². The lowest BCUT2D eigenvalue weighted by atomic mass is 9.82. The van der Waals surface area contributed by atoms with Gasteiger partial charge in [-0.3, -0.25) is 19.2 Å². The van der Waals surface area contributed by atoms with Gasteiger partial charge in [-0.2, -0.15) is 0 Å². The van der Waals surface area contributed by atoms with Crippen LogP contribution in [0.25, 0.3) is 10.8 Å². The van der Waals surface area contributed by atoms with Gasteiger partial charge >= 0.3 is 10.8 Å². The Labute approximate surface area is 290 Å². The highest BCUT2D eigenvalue weighted by atomic mass is 79.9. The number of carbonyl (C=O) groups is 4. The van der Waals surface area contributed by atoms with Gasteiger partial charge in [0, 0.05) is 26.5 Å². The average molecular weight is 745 g/mol. The fourth-order valence-corrected chi connectivity index (χ4v) is 8.95. The van der Waals surface area contributed by atoms with Gasteiger partial charge in [-0.1, -0.05) is 69.4 Å². The fraction of sp³-hybridized carbons (Fsp3) is 0.171. The summed E-state index contributed by atoms with van der Waals surface area (Å²) in [4.78, 5) is 70.2. The van der Waals surface area contributed by atoms with Crippen LogP contribution in [-0.4, -0.2) is 47.1 Å². The summed E-state index contributed by atoms with van der Waals surface area (Å²) < 4.78 is 11.8. The molecule has 1 fully saturated rings. The zero-order chi connectivity index (χ0) is 33.5. The van der Waals surface area contributed by atoms with Crippen LogP contribution >= 0.6 is 39.0 Å². The van der Waals surface area contributed by atoms with Gasteiger partial charge in [0.15, 0.2) is 6.61 Å². The van der Waals surface area contributed by atoms with E-state index in [1.807, 2.05) is 42.5 Å². The van der Waals surface area contributed by atoms with Crippen molar-refractivity contribution in [3.63, 3.8) is 0 Å². The number of rotatable bonds is 8. The Morgan fingerprint density at radius 2 is 1.71 bits per heavy atom. The summed E-state index contributed by atoms with van der Waals surface area (Å²) in [5.41, 5.74) is 1.79. The van der Waals surface area contributed by atoms with Gasteiger partial charge < -0.3 is 19.8 Å². The number of halogens is 1. The molecular formula is C35H26BrN3O7S2. The number of fused-ring (bicyclic) bond motifs is 3. The van der Waals surface area contributed by atoms with Gasteiger partial charge in [-0.15, -0.1) is 0 Å². The third-order valence-corrected chi connectivity index (χ3v) is 11.1. The molecule has 3 amide bonds. The molecule has 48 heavy (non-hydrogen) atoms. The molecule has 0 unspecified atom stereocenters. The molecule has 0 spiro atoms. The molecule has 0 saturated carbocycles. The summed E-state index contributed by atoms with van der Waals surface area (Å²) in [6.07, 6.45) is 0. The summed E-state index contributed by atoms with van der Waals surface area (Å²) in [7, 11) is 0. The van der Waals surface area contributed by atoms with E-state index in [-0.39, 0.29) is 24.0 Å². The summed E-state index contributed by atoms with van der Waals surface area (Å²) in [6, 6.07) is 24.8. The predicted molar refractivity (Wildman–Crippen MR) is 187 cm³/mol. The van der Waals surface area contributed by atoms with Gasteiger partial charge in [-0.05, 0) is 72.3 Å². The monoisotopic (exact) mass is 743 g/mol. The number of amides is 3. The molecule has 1 aromatic heterocycles. The first-order chi connectivity index (χ1) is 23.2. The lowest BCUT2D eigenvalue weighted by molar-refractivity contribution is -0.122. The van der Waals surface area contributed by atoms with Crippen LogP contribution in [0.5, 0.6) is 5.75 Å². The number of benzene rings is 4. The molecule has 1 saturated heterocycles. The minimum absolute atomic E-state index is 0.217. The average Bonchev–Trinajstić information content (AvgIpc) is 3.58. The van der Waals surface area contributed by atoms with Crippen LogP contribution in [0.3, 0.4) is 0 Å². The summed E-state index contributed by atoms with van der Waals surface area (Å²) in [5, 5.41) is 4.57. The van der Waals surface area contributed by atoms with Crippen molar-refractivity contribution in [1.29, 1.82) is 0 Å². The number of H-pyrrole nitrogens is 1. The lowest BCUT2D eigenvalue weighted by Crippen LogP contribution is -2.32. The van der Waals surface area contributed by atoms with Crippen LogP contribution in [0.15, 0.2) is 99.2 Å². The van der Waals surface area contributed by atoms with Gasteiger partial charge in [0.25, 0.3) is 5.91 Å². The van der Waals surface area contributed by atoms with Crippen LogP contribution in [0.2, 0.25) is 0 Å². The number of aromatic amines is 1. The Hall–Kier alpha value is -4.72. The van der Waals surface area contributed by atoms with Crippen molar-refractivity contribution in [1.82, 2.24) is 4.98 Å². The second kappa shape index (κ2) is 13.1. The highest BCUT2D eigenvalue weighted by Gasteiger charge is 2.57. The molecule has 13 heteroatoms. The first-order valence-electron chi connectivity index (χ1n) is 15.0. The predicted octanol–water partition coefficient (Wildman–Crippen LogP) is 6.34. The molecule has 0 radical (unpaired) electrons. The van der Waals surface area contributed by atoms with E-state index in [0.29, 0.717) is 42.6 Å². The number of hydrogen-bond donors (Lipinski definition) is 2. The number of ether oxygens (including phenoxy) is 2. The molecule has 2 aliphatic rings. The molecule has 242 valence electrons. The molecule has 10 nitrogen and oxygen atoms in total. The largest absolute Gasteiger partial charge is 0.483 e. The van der Waals surface area contributed by atoms with E-state index in [2.05, 4.69) is 26.2 Å². The van der Waals surface area contributed by atoms with E-state index < -0.39 is 34.9 Å². The topological polar surface area (TPSA) is 135 Å². The summed E-state index contributed by atoms with van der Waals surface area (Å²) in [6.45, 7) is 1.60. The minimum atomic E-state index is -0.880. The van der Waals surface area contributed by atoms with E-state index in [0.717, 1.165) is 38.8 Å². The molecule has 0 aliphatic carbocycles. The third-order valence-electron chi connectivity index (χ3n) is 8.16. The molecular weight excluding hydrogens is 718 g/mol. The Bertz CT molecular complexity index is 2160. The standard InChI is InChI=1S/C35H26BrN3O7S2/c1-2-45-34(43)19-8-12-23(13-9-19)39-32(41)28-27(29-31(38-35(44)48-29)47-30(28)33(39)42)24-16-21(36)10-14-25(24)46-17-26(40)37-22-11-7-18-5-3-4-6-20(18)15-22/h3-16,27-28,30H,2,17H2,1H3,(H,37,40)(H,38,44)/t27-,28-,30+/m0/s1. The normalized spacial score (nSPS) is 18.4. The highest BCUT2D eigenvalue weighted by molar-refractivity contribution is 9.10. The Morgan fingerprint density at radius 3 is 2.48 bits per heavy atom. The number of carbonyl (C=O) groups excluding carboxylic acids is 4. The van der Waals surface area contributed by atoms with Gasteiger partial charge in [0.1, 0.15) is 11.0 Å². The lowest BCUT2D eigenvalue weighted by Gasteiger charge is -2.31. The van der Waals surface area contributed by atoms with E-state index in [1.165, 1.54) is 12.1 Å². The van der Waals surface area contributed by atoms with Crippen molar-refractivity contribution in [2.45, 2.75) is 23.1 Å². The van der Waals surface area contributed by atoms with Crippen molar-refractivity contribution < 1.29 is 28.7 Å². The fourth-order valence-electron chi connectivity index (χ4n) is 6.07. The molecule has 2 aliphatic heterocycles. The molecule has 7 rings (SSSR count). The number of thioether (sulfide) groups is 1. The maximum atomic E-state index is 14.2. The number of imide groups is 1. The number of hydrogen-bond acceptors (Lipinski definition) is 9. The first kappa shape index (κ1) is 31.9. The molecule has 0 bridgehead atoms. The second-order valence-electron chi connectivity index (χ2n) is 11.1. The number of esters is 1. The van der Waals surface area contributed by atoms with Crippen LogP contribution in [0, 0.1) is 5.92 Å². The first-order valence-corrected chi connectivity index (χ1v) is 17.5. The number of anilines is 2. The number of thiazole rings is 1. The quantitative estimate of drug-likeness (QED) is 0.139. The van der Waals surface area contributed by atoms with E-state index in [1.54, 1.807) is 37.3 Å². The van der Waals surface area contributed by atoms with Crippen molar-refractivity contribution in [2.24, 2.45) is 5.92 Å². The summed E-state index contributed by atoms with van der Waals surface area (Å²) in [5.74, 6) is -3.04. The zero-order valence-electron chi connectivity index (χ0n) is 25.2. The maximum Gasteiger partial charge on any atom is 0.338 e. The van der Waals surface area contributed by atoms with Crippen LogP contribution < -0.4 is 19.8 Å². The third kappa shape index (κ3) is 5.93. The smallest absolute Gasteiger partial charge is 0.338 e. The second-order valence-corrected chi connectivity index (χ2v) is 14.2. The van der Waals surface area contributed by atoms with Crippen molar-refractivity contribution in [3.05, 3.63) is 115 Å². The number of aromatic nitrogens is 1. The molecule has 5 aromatic rings. The number of nitrogens with zero attached hydrogens (tertiary/aromatic N) is 1. The van der Waals surface area contributed by atoms with E-state index in [4.69, 9.17) is 9.47 Å². The minimum Gasteiger partial charge on any atom is -0.483 e. The Kier molecular flexibility index (Phi) is 8.67.